The number of hydrogen-bond donors (Lipinski definition) is 1. The highest BCUT2D eigenvalue weighted by Crippen LogP contribution is 2.08. The molecule has 1 heterocycles. The van der Waals surface area contributed by atoms with Crippen LogP contribution in [-0.4, -0.2) is 16.2 Å². The van der Waals surface area contributed by atoms with Crippen molar-refractivity contribution in [2.75, 3.05) is 0 Å². The van der Waals surface area contributed by atoms with E-state index in [4.69, 9.17) is 5.11 Å². The minimum atomic E-state index is -0.228. The van der Waals surface area contributed by atoms with Gasteiger partial charge >= 0.3 is 0 Å². The first-order valence-corrected chi connectivity index (χ1v) is 4.76. The second-order valence-electron chi connectivity index (χ2n) is 2.88. The monoisotopic (exact) mass is 229 g/mol. The summed E-state index contributed by atoms with van der Waals surface area (Å²) in [6, 6.07) is 3.93. The van der Waals surface area contributed by atoms with Crippen LogP contribution >= 0.6 is 15.9 Å². The number of pyridine rings is 1. The van der Waals surface area contributed by atoms with Crippen LogP contribution in [0.1, 0.15) is 18.9 Å². The molecule has 0 aliphatic heterocycles. The van der Waals surface area contributed by atoms with E-state index in [1.165, 1.54) is 5.56 Å². The Balaban J connectivity index is 2.48. The van der Waals surface area contributed by atoms with E-state index in [1.54, 1.807) is 6.92 Å². The second kappa shape index (κ2) is 4.58. The molecule has 66 valence electrons. The van der Waals surface area contributed by atoms with Crippen LogP contribution in [0, 0.1) is 0 Å². The highest BCUT2D eigenvalue weighted by Gasteiger charge is 1.97. The zero-order valence-corrected chi connectivity index (χ0v) is 8.58. The summed E-state index contributed by atoms with van der Waals surface area (Å²) in [6.45, 7) is 1.80. The number of aromatic nitrogens is 1. The number of halogens is 1. The number of nitrogens with zero attached hydrogens (tertiary/aromatic N) is 1. The largest absolute Gasteiger partial charge is 0.393 e. The van der Waals surface area contributed by atoms with Crippen molar-refractivity contribution >= 4 is 15.9 Å². The molecule has 2 nitrogen and oxygen atoms in total. The van der Waals surface area contributed by atoms with Gasteiger partial charge in [-0.15, -0.1) is 0 Å². The molecule has 1 aromatic rings. The lowest BCUT2D eigenvalue weighted by atomic mass is 10.1. The van der Waals surface area contributed by atoms with Crippen molar-refractivity contribution in [2.24, 2.45) is 0 Å². The highest BCUT2D eigenvalue weighted by molar-refractivity contribution is 9.10. The van der Waals surface area contributed by atoms with Crippen LogP contribution in [-0.2, 0) is 6.42 Å². The van der Waals surface area contributed by atoms with E-state index in [-0.39, 0.29) is 6.10 Å². The Hall–Kier alpha value is -0.410. The predicted molar refractivity (Wildman–Crippen MR) is 51.9 cm³/mol. The SMILES string of the molecule is C[C@H](O)CCc1ccc(Br)nc1. The van der Waals surface area contributed by atoms with Gasteiger partial charge in [0.2, 0.25) is 0 Å². The van der Waals surface area contributed by atoms with Gasteiger partial charge in [0.1, 0.15) is 4.60 Å². The molecule has 3 heteroatoms. The molecule has 1 aromatic heterocycles. The summed E-state index contributed by atoms with van der Waals surface area (Å²) in [6.07, 6.45) is 3.28. The molecule has 0 saturated heterocycles. The van der Waals surface area contributed by atoms with Gasteiger partial charge in [0.05, 0.1) is 6.10 Å². The Kier molecular flexibility index (Phi) is 3.69. The Morgan fingerprint density at radius 3 is 2.83 bits per heavy atom. The van der Waals surface area contributed by atoms with Gasteiger partial charge in [0.25, 0.3) is 0 Å². The molecule has 0 bridgehead atoms. The van der Waals surface area contributed by atoms with Gasteiger partial charge in [-0.05, 0) is 47.3 Å². The van der Waals surface area contributed by atoms with Crippen molar-refractivity contribution in [1.82, 2.24) is 4.98 Å². The van der Waals surface area contributed by atoms with Gasteiger partial charge in [-0.25, -0.2) is 4.98 Å². The molecule has 0 aromatic carbocycles. The highest BCUT2D eigenvalue weighted by atomic mass is 79.9. The van der Waals surface area contributed by atoms with Crippen molar-refractivity contribution < 1.29 is 5.11 Å². The van der Waals surface area contributed by atoms with E-state index in [1.807, 2.05) is 18.3 Å². The molecule has 0 saturated carbocycles. The maximum absolute atomic E-state index is 9.04. The lowest BCUT2D eigenvalue weighted by molar-refractivity contribution is 0.185. The summed E-state index contributed by atoms with van der Waals surface area (Å²) in [5.74, 6) is 0. The predicted octanol–water partition coefficient (Wildman–Crippen LogP) is 2.16. The van der Waals surface area contributed by atoms with Crippen LogP contribution in [0.15, 0.2) is 22.9 Å². The molecule has 0 amide bonds. The van der Waals surface area contributed by atoms with Crippen LogP contribution in [0.25, 0.3) is 0 Å². The first-order valence-electron chi connectivity index (χ1n) is 3.97. The third-order valence-corrected chi connectivity index (χ3v) is 2.11. The molecule has 0 unspecified atom stereocenters. The Morgan fingerprint density at radius 1 is 1.58 bits per heavy atom. The summed E-state index contributed by atoms with van der Waals surface area (Å²) in [7, 11) is 0. The number of hydrogen-bond acceptors (Lipinski definition) is 2. The maximum atomic E-state index is 9.04. The number of rotatable bonds is 3. The fourth-order valence-corrected chi connectivity index (χ4v) is 1.16. The summed E-state index contributed by atoms with van der Waals surface area (Å²) < 4.78 is 0.850. The first-order chi connectivity index (χ1) is 5.68. The summed E-state index contributed by atoms with van der Waals surface area (Å²) in [5, 5.41) is 9.04. The number of aryl methyl sites for hydroxylation is 1. The molecule has 0 spiro atoms. The van der Waals surface area contributed by atoms with Crippen LogP contribution < -0.4 is 0 Å². The van der Waals surface area contributed by atoms with Gasteiger partial charge < -0.3 is 5.11 Å². The van der Waals surface area contributed by atoms with Crippen LogP contribution in [0.3, 0.4) is 0 Å². The van der Waals surface area contributed by atoms with Gasteiger partial charge in [0.15, 0.2) is 0 Å². The van der Waals surface area contributed by atoms with Crippen molar-refractivity contribution in [3.05, 3.63) is 28.5 Å². The third kappa shape index (κ3) is 3.32. The number of aliphatic hydroxyl groups excluding tert-OH is 1. The lowest BCUT2D eigenvalue weighted by Crippen LogP contribution is -2.01. The van der Waals surface area contributed by atoms with E-state index >= 15 is 0 Å². The molecule has 1 N–H and O–H groups in total. The van der Waals surface area contributed by atoms with Crippen molar-refractivity contribution in [3.63, 3.8) is 0 Å². The van der Waals surface area contributed by atoms with Gasteiger partial charge in [0, 0.05) is 6.20 Å². The first kappa shape index (κ1) is 9.68. The zero-order valence-electron chi connectivity index (χ0n) is 7.00. The fraction of sp³-hybridized carbons (Fsp3) is 0.444. The molecule has 1 rings (SSSR count). The summed E-state index contributed by atoms with van der Waals surface area (Å²) in [5.41, 5.74) is 1.17. The van der Waals surface area contributed by atoms with Crippen molar-refractivity contribution in [2.45, 2.75) is 25.9 Å². The smallest absolute Gasteiger partial charge is 0.106 e. The fourth-order valence-electron chi connectivity index (χ4n) is 0.930. The van der Waals surface area contributed by atoms with Gasteiger partial charge in [-0.2, -0.15) is 0 Å². The summed E-state index contributed by atoms with van der Waals surface area (Å²) >= 11 is 3.26. The Morgan fingerprint density at radius 2 is 2.33 bits per heavy atom. The van der Waals surface area contributed by atoms with E-state index in [0.717, 1.165) is 17.4 Å². The molecule has 0 radical (unpaired) electrons. The average Bonchev–Trinajstić information content (AvgIpc) is 2.03. The summed E-state index contributed by atoms with van der Waals surface area (Å²) in [4.78, 5) is 4.09. The van der Waals surface area contributed by atoms with E-state index in [9.17, 15) is 0 Å². The second-order valence-corrected chi connectivity index (χ2v) is 3.69. The number of aliphatic hydroxyl groups is 1. The van der Waals surface area contributed by atoms with Crippen LogP contribution in [0.2, 0.25) is 0 Å². The Bertz CT molecular complexity index is 233. The van der Waals surface area contributed by atoms with E-state index in [0.29, 0.717) is 0 Å². The molecular weight excluding hydrogens is 218 g/mol. The lowest BCUT2D eigenvalue weighted by Gasteiger charge is -2.03. The Labute approximate surface area is 80.8 Å². The minimum Gasteiger partial charge on any atom is -0.393 e. The molecule has 0 aliphatic carbocycles. The molecule has 0 fully saturated rings. The molecule has 0 aliphatic rings. The average molecular weight is 230 g/mol. The van der Waals surface area contributed by atoms with Gasteiger partial charge in [-0.1, -0.05) is 6.07 Å². The van der Waals surface area contributed by atoms with E-state index in [2.05, 4.69) is 20.9 Å². The quantitative estimate of drug-likeness (QED) is 0.807. The topological polar surface area (TPSA) is 33.1 Å². The minimum absolute atomic E-state index is 0.228. The maximum Gasteiger partial charge on any atom is 0.106 e. The van der Waals surface area contributed by atoms with Crippen LogP contribution in [0.4, 0.5) is 0 Å². The van der Waals surface area contributed by atoms with Crippen molar-refractivity contribution in [1.29, 1.82) is 0 Å². The van der Waals surface area contributed by atoms with Crippen LogP contribution in [0.5, 0.6) is 0 Å². The zero-order chi connectivity index (χ0) is 8.97. The van der Waals surface area contributed by atoms with Crippen molar-refractivity contribution in [3.8, 4) is 0 Å². The third-order valence-electron chi connectivity index (χ3n) is 1.64. The van der Waals surface area contributed by atoms with E-state index < -0.39 is 0 Å². The normalized spacial score (nSPS) is 12.9. The molecular formula is C9H12BrNO. The molecule has 1 atom stereocenters. The standard InChI is InChI=1S/C9H12BrNO/c1-7(12)2-3-8-4-5-9(10)11-6-8/h4-7,12H,2-3H2,1H3/t7-/m0/s1. The van der Waals surface area contributed by atoms with Gasteiger partial charge in [-0.3, -0.25) is 0 Å². The molecule has 12 heavy (non-hydrogen) atoms.